The van der Waals surface area contributed by atoms with Gasteiger partial charge in [0.25, 0.3) is 0 Å². The van der Waals surface area contributed by atoms with Crippen molar-refractivity contribution in [3.8, 4) is 0 Å². The summed E-state index contributed by atoms with van der Waals surface area (Å²) < 4.78 is 59.1. The van der Waals surface area contributed by atoms with E-state index in [0.29, 0.717) is 13.0 Å². The van der Waals surface area contributed by atoms with Crippen LogP contribution in [0.15, 0.2) is 36.5 Å². The molecule has 352 valence electrons. The Hall–Kier alpha value is -1.68. The average Bonchev–Trinajstić information content (AvgIpc) is 3.22. The van der Waals surface area contributed by atoms with Crippen LogP contribution < -0.4 is 0 Å². The first-order valence-electron chi connectivity index (χ1n) is 23.7. The van der Waals surface area contributed by atoms with Crippen LogP contribution in [0.5, 0.6) is 0 Å². The van der Waals surface area contributed by atoms with Gasteiger partial charge in [0.1, 0.15) is 30.5 Å². The molecule has 0 aliphatic carbocycles. The smallest absolute Gasteiger partial charge is 0.397 e. The third-order valence-electron chi connectivity index (χ3n) is 10.7. The Balaban J connectivity index is 2.41. The Kier molecular flexibility index (Phi) is 36.6. The van der Waals surface area contributed by atoms with E-state index in [9.17, 15) is 28.5 Å². The number of esters is 1. The molecule has 12 nitrogen and oxygen atoms in total. The molecule has 0 amide bonds. The number of hydrogen-bond donors (Lipinski definition) is 4. The fourth-order valence-electron chi connectivity index (χ4n) is 7.11. The van der Waals surface area contributed by atoms with Crippen molar-refractivity contribution in [2.45, 2.75) is 230 Å². The largest absolute Gasteiger partial charge is 0.457 e. The normalized spacial score (nSPS) is 20.5. The summed E-state index contributed by atoms with van der Waals surface area (Å²) in [7, 11) is -5.06. The Morgan fingerprint density at radius 3 is 1.63 bits per heavy atom. The van der Waals surface area contributed by atoms with Crippen LogP contribution in [0.2, 0.25) is 0 Å². The number of rotatable bonds is 41. The molecule has 1 aliphatic rings. The maximum Gasteiger partial charge on any atom is 0.397 e. The monoisotopic (exact) mass is 875 g/mol. The molecule has 0 aromatic rings. The number of aliphatic hydroxyl groups is 3. The van der Waals surface area contributed by atoms with Crippen molar-refractivity contribution in [3.63, 3.8) is 0 Å². The van der Waals surface area contributed by atoms with Gasteiger partial charge >= 0.3 is 16.4 Å². The molecule has 60 heavy (non-hydrogen) atoms. The van der Waals surface area contributed by atoms with Crippen molar-refractivity contribution in [1.29, 1.82) is 0 Å². The lowest BCUT2D eigenvalue weighted by Crippen LogP contribution is -2.60. The van der Waals surface area contributed by atoms with Crippen LogP contribution in [0.25, 0.3) is 0 Å². The predicted octanol–water partition coefficient (Wildman–Crippen LogP) is 10.2. The Morgan fingerprint density at radius 1 is 0.633 bits per heavy atom. The molecule has 1 saturated heterocycles. The highest BCUT2D eigenvalue weighted by atomic mass is 32.3. The van der Waals surface area contributed by atoms with E-state index in [1.807, 2.05) is 0 Å². The molecule has 0 bridgehead atoms. The standard InChI is InChI=1S/C47H86O12S/c1-3-5-7-9-11-13-15-17-19-20-21-23-25-27-29-31-33-35-37-55-39-41(40-56-47-45(51)46(59-60(52,53)54)44(50)42(38-48)58-47)57-43(49)36-34-32-30-28-26-24-22-18-16-14-12-10-8-6-4-2/h12,14,17-19,22,41-42,44-48,50-51H,3-11,13,15-16,20-21,23-40H2,1-2H3,(H,52,53,54)/b14-12-,19-17-,22-18-. The van der Waals surface area contributed by atoms with Crippen molar-refractivity contribution >= 4 is 16.4 Å². The van der Waals surface area contributed by atoms with Crippen LogP contribution >= 0.6 is 0 Å². The van der Waals surface area contributed by atoms with Gasteiger partial charge in [0.15, 0.2) is 6.29 Å². The summed E-state index contributed by atoms with van der Waals surface area (Å²) >= 11 is 0. The van der Waals surface area contributed by atoms with E-state index in [1.165, 1.54) is 103 Å². The third kappa shape index (κ3) is 32.1. The Labute approximate surface area is 364 Å². The lowest BCUT2D eigenvalue weighted by molar-refractivity contribution is -0.301. The Morgan fingerprint density at radius 2 is 1.10 bits per heavy atom. The highest BCUT2D eigenvalue weighted by Gasteiger charge is 2.48. The fraction of sp³-hybridized carbons (Fsp3) is 0.851. The highest BCUT2D eigenvalue weighted by molar-refractivity contribution is 7.80. The van der Waals surface area contributed by atoms with Crippen LogP contribution in [-0.2, 0) is 38.3 Å². The fourth-order valence-corrected chi connectivity index (χ4v) is 7.62. The zero-order valence-corrected chi connectivity index (χ0v) is 38.3. The molecular weight excluding hydrogens is 789 g/mol. The van der Waals surface area contributed by atoms with Crippen molar-refractivity contribution in [2.24, 2.45) is 0 Å². The number of unbranched alkanes of at least 4 members (excludes halogenated alkanes) is 22. The van der Waals surface area contributed by atoms with E-state index in [-0.39, 0.29) is 19.6 Å². The van der Waals surface area contributed by atoms with Gasteiger partial charge in [-0.25, -0.2) is 4.18 Å². The van der Waals surface area contributed by atoms with E-state index in [1.54, 1.807) is 0 Å². The van der Waals surface area contributed by atoms with Gasteiger partial charge in [-0.05, 0) is 70.6 Å². The van der Waals surface area contributed by atoms with Gasteiger partial charge in [-0.15, -0.1) is 0 Å². The zero-order chi connectivity index (χ0) is 43.9. The Bertz CT molecular complexity index is 1190. The van der Waals surface area contributed by atoms with Gasteiger partial charge in [-0.2, -0.15) is 8.42 Å². The molecule has 0 spiro atoms. The first-order chi connectivity index (χ1) is 29.1. The van der Waals surface area contributed by atoms with Gasteiger partial charge in [-0.1, -0.05) is 153 Å². The van der Waals surface area contributed by atoms with E-state index >= 15 is 0 Å². The molecule has 6 atom stereocenters. The second-order valence-corrected chi connectivity index (χ2v) is 17.4. The van der Waals surface area contributed by atoms with Crippen molar-refractivity contribution in [3.05, 3.63) is 36.5 Å². The first kappa shape index (κ1) is 56.3. The number of allylic oxidation sites excluding steroid dienone is 6. The number of carbonyl (C=O) groups is 1. The minimum Gasteiger partial charge on any atom is -0.457 e. The number of hydrogen-bond acceptors (Lipinski definition) is 11. The van der Waals surface area contributed by atoms with E-state index in [2.05, 4.69) is 54.5 Å². The maximum atomic E-state index is 12.8. The molecule has 1 rings (SSSR count). The van der Waals surface area contributed by atoms with E-state index in [4.69, 9.17) is 23.5 Å². The van der Waals surface area contributed by atoms with Gasteiger partial charge in [-0.3, -0.25) is 9.35 Å². The summed E-state index contributed by atoms with van der Waals surface area (Å²) in [6, 6.07) is 0. The summed E-state index contributed by atoms with van der Waals surface area (Å²) in [6.45, 7) is 3.94. The van der Waals surface area contributed by atoms with Crippen molar-refractivity contribution in [2.75, 3.05) is 26.4 Å². The van der Waals surface area contributed by atoms with Crippen LogP contribution in [0.4, 0.5) is 0 Å². The molecule has 0 aromatic carbocycles. The molecule has 1 aliphatic heterocycles. The van der Waals surface area contributed by atoms with Crippen LogP contribution in [-0.4, -0.2) is 97.5 Å². The first-order valence-corrected chi connectivity index (χ1v) is 25.1. The summed E-state index contributed by atoms with van der Waals surface area (Å²) in [5.74, 6) is -0.413. The third-order valence-corrected chi connectivity index (χ3v) is 11.2. The summed E-state index contributed by atoms with van der Waals surface area (Å²) in [5, 5.41) is 30.7. The van der Waals surface area contributed by atoms with Gasteiger partial charge < -0.3 is 34.3 Å². The lowest BCUT2D eigenvalue weighted by atomic mass is 9.99. The SMILES string of the molecule is CCCCC/C=C\C/C=C\CCCCCCCC(=O)OC(COCCCCCCCCCC/C=C\CCCCCCCC)COC1OC(CO)C(O)C(OS(=O)(=O)O)C1O. The quantitative estimate of drug-likeness (QED) is 0.0198. The topological polar surface area (TPSA) is 178 Å². The minimum atomic E-state index is -5.06. The number of aliphatic hydroxyl groups excluding tert-OH is 3. The second-order valence-electron chi connectivity index (χ2n) is 16.3. The van der Waals surface area contributed by atoms with Gasteiger partial charge in [0.05, 0.1) is 19.8 Å². The minimum absolute atomic E-state index is 0.0289. The molecule has 1 heterocycles. The van der Waals surface area contributed by atoms with Crippen LogP contribution in [0.3, 0.4) is 0 Å². The van der Waals surface area contributed by atoms with Crippen LogP contribution in [0, 0.1) is 0 Å². The molecule has 4 N–H and O–H groups in total. The van der Waals surface area contributed by atoms with Gasteiger partial charge in [0, 0.05) is 13.0 Å². The van der Waals surface area contributed by atoms with Crippen LogP contribution in [0.1, 0.15) is 194 Å². The molecule has 6 unspecified atom stereocenters. The second kappa shape index (κ2) is 39.0. The molecule has 0 radical (unpaired) electrons. The van der Waals surface area contributed by atoms with Crippen molar-refractivity contribution in [1.82, 2.24) is 0 Å². The van der Waals surface area contributed by atoms with E-state index < -0.39 is 59.8 Å². The van der Waals surface area contributed by atoms with E-state index in [0.717, 1.165) is 64.2 Å². The average molecular weight is 875 g/mol. The maximum absolute atomic E-state index is 12.8. The number of carbonyl (C=O) groups excluding carboxylic acids is 1. The highest BCUT2D eigenvalue weighted by Crippen LogP contribution is 2.26. The predicted molar refractivity (Wildman–Crippen MR) is 239 cm³/mol. The molecule has 1 fully saturated rings. The summed E-state index contributed by atoms with van der Waals surface area (Å²) in [5.41, 5.74) is 0. The molecule has 13 heteroatoms. The van der Waals surface area contributed by atoms with Crippen molar-refractivity contribution < 1.29 is 56.2 Å². The molecule has 0 aromatic heterocycles. The zero-order valence-electron chi connectivity index (χ0n) is 37.5. The molecular formula is C47H86O12S. The molecule has 0 saturated carbocycles. The summed E-state index contributed by atoms with van der Waals surface area (Å²) in [4.78, 5) is 12.8. The number of ether oxygens (including phenoxy) is 4. The lowest BCUT2D eigenvalue weighted by Gasteiger charge is -2.41. The summed E-state index contributed by atoms with van der Waals surface area (Å²) in [6.07, 6.45) is 36.0. The van der Waals surface area contributed by atoms with Gasteiger partial charge in [0.2, 0.25) is 0 Å².